The highest BCUT2D eigenvalue weighted by Gasteiger charge is 2.59. The van der Waals surface area contributed by atoms with Crippen LogP contribution in [-0.4, -0.2) is 110 Å². The van der Waals surface area contributed by atoms with Crippen LogP contribution in [0.25, 0.3) is 0 Å². The number of allylic oxidation sites excluding steroid dienone is 1. The van der Waals surface area contributed by atoms with Crippen molar-refractivity contribution in [1.29, 1.82) is 1.43 Å². The Bertz CT molecular complexity index is 1290. The molecule has 4 aliphatic carbocycles. The number of alkyl carbamates (subject to hydrolysis) is 1. The monoisotopic (exact) mass is 826 g/mol. The number of aliphatic hydroxyl groups is 1. The van der Waals surface area contributed by atoms with Gasteiger partial charge in [0.2, 0.25) is 7.34 Å². The van der Waals surface area contributed by atoms with E-state index in [-0.39, 0.29) is 49.9 Å². The molecular weight excluding hydrogens is 741 g/mol. The number of amides is 2. The van der Waals surface area contributed by atoms with Gasteiger partial charge < -0.3 is 44.2 Å². The molecule has 0 spiro atoms. The van der Waals surface area contributed by atoms with E-state index in [0.717, 1.165) is 54.8 Å². The van der Waals surface area contributed by atoms with Crippen molar-refractivity contribution >= 4 is 18.0 Å². The quantitative estimate of drug-likeness (QED) is 0.0476. The zero-order valence-corrected chi connectivity index (χ0v) is 37.2. The SMILES string of the molecule is [2H]CC(COCCOCCOCCOCCCNC(=O)O[C@H]1CC[C@@]2(C)C(=CCC3C4CCC([C@@H](C)CCCC(C)C)[C@@]4(C)CCC32)C1)OC(=O)CCC(=O)NC.[3H]OC. The molecule has 0 aliphatic heterocycles. The second-order valence-electron chi connectivity index (χ2n) is 18.0. The summed E-state index contributed by atoms with van der Waals surface area (Å²) < 4.78 is 46.5. The topological polar surface area (TPSA) is 151 Å². The first kappa shape index (κ1) is 46.8. The molecule has 3 fully saturated rings. The lowest BCUT2D eigenvalue weighted by molar-refractivity contribution is -0.152. The van der Waals surface area contributed by atoms with Gasteiger partial charge in [-0.15, -0.1) is 0 Å². The Kier molecular flexibility index (Phi) is 21.1. The summed E-state index contributed by atoms with van der Waals surface area (Å²) in [6.45, 7) is 15.9. The highest BCUT2D eigenvalue weighted by Crippen LogP contribution is 2.67. The Hall–Kier alpha value is -2.25. The fraction of sp³-hybridized carbons (Fsp3) is 0.891. The van der Waals surface area contributed by atoms with E-state index in [0.29, 0.717) is 64.6 Å². The molecule has 0 radical (unpaired) electrons. The molecule has 336 valence electrons. The van der Waals surface area contributed by atoms with Gasteiger partial charge in [0.15, 0.2) is 0 Å². The molecule has 12 nitrogen and oxygen atoms in total. The predicted octanol–water partition coefficient (Wildman–Crippen LogP) is 7.65. The molecule has 0 heterocycles. The minimum Gasteiger partial charge on any atom is -0.460 e. The van der Waals surface area contributed by atoms with Crippen LogP contribution in [0.2, 0.25) is 0 Å². The van der Waals surface area contributed by atoms with Gasteiger partial charge in [0.05, 0.1) is 52.7 Å². The fourth-order valence-electron chi connectivity index (χ4n) is 10.8. The smallest absolute Gasteiger partial charge is 0.407 e. The van der Waals surface area contributed by atoms with Gasteiger partial charge in [0.1, 0.15) is 12.2 Å². The van der Waals surface area contributed by atoms with Gasteiger partial charge in [-0.25, -0.2) is 4.79 Å². The maximum atomic E-state index is 12.7. The number of aliphatic hydroxyl groups excluding tert-OH is 1. The fourth-order valence-corrected chi connectivity index (χ4v) is 10.8. The Morgan fingerprint density at radius 2 is 1.60 bits per heavy atom. The number of ether oxygens (including phenoxy) is 6. The van der Waals surface area contributed by atoms with E-state index >= 15 is 0 Å². The lowest BCUT2D eigenvalue weighted by atomic mass is 9.47. The number of hydrogen-bond acceptors (Lipinski definition) is 10. The zero-order valence-electron chi connectivity index (χ0n) is 39.2. The van der Waals surface area contributed by atoms with Crippen LogP contribution in [0.5, 0.6) is 0 Å². The lowest BCUT2D eigenvalue weighted by Crippen LogP contribution is -2.51. The molecule has 12 heteroatoms. The molecule has 58 heavy (non-hydrogen) atoms. The molecule has 9 atom stereocenters. The minimum atomic E-state index is -0.677. The summed E-state index contributed by atoms with van der Waals surface area (Å²) in [5, 5.41) is 8.87. The summed E-state index contributed by atoms with van der Waals surface area (Å²) >= 11 is 0. The average molecular weight is 826 g/mol. The second-order valence-corrected chi connectivity index (χ2v) is 18.0. The van der Waals surface area contributed by atoms with Gasteiger partial charge >= 0.3 is 12.1 Å². The first-order valence-electron chi connectivity index (χ1n) is 23.6. The molecule has 3 N–H and O–H groups in total. The standard InChI is InChI=1S/C45H78N2O9.CH4O/c1-32(2)10-8-11-33(3)38-14-15-39-37-13-12-35-30-36(18-20-44(35,5)40(37)19-21-45(38,39)6)56-43(50)47-22-9-23-51-24-25-52-26-27-53-28-29-54-31-34(4)55-42(49)17-16-41(48)46-7;1-2/h12,32-34,36-40H,8-11,13-31H2,1-7H3,(H,46,48)(H,47,50);2H,1H3/t33-,34?,36-,37?,38?,39?,40?,44-,45+;/m0./s1/i4D;2T. The van der Waals surface area contributed by atoms with Crippen molar-refractivity contribution in [2.24, 2.45) is 46.3 Å². The van der Waals surface area contributed by atoms with Crippen LogP contribution >= 0.6 is 0 Å². The van der Waals surface area contributed by atoms with Gasteiger partial charge in [0, 0.05) is 41.5 Å². The van der Waals surface area contributed by atoms with Gasteiger partial charge in [-0.1, -0.05) is 65.5 Å². The summed E-state index contributed by atoms with van der Waals surface area (Å²) in [5.41, 5.74) is 2.30. The second kappa shape index (κ2) is 26.2. The van der Waals surface area contributed by atoms with E-state index in [4.69, 9.17) is 31.2 Å². The zero-order chi connectivity index (χ0) is 44.0. The normalized spacial score (nSPS) is 28.9. The first-order valence-corrected chi connectivity index (χ1v) is 22.5. The molecule has 0 aromatic carbocycles. The number of hydrogen-bond donors (Lipinski definition) is 3. The van der Waals surface area contributed by atoms with E-state index in [1.165, 1.54) is 65.5 Å². The highest BCUT2D eigenvalue weighted by molar-refractivity contribution is 5.81. The number of fused-ring (bicyclic) bond motifs is 5. The van der Waals surface area contributed by atoms with E-state index in [1.54, 1.807) is 5.57 Å². The number of carbonyl (C=O) groups excluding carboxylic acids is 3. The van der Waals surface area contributed by atoms with E-state index in [1.807, 2.05) is 0 Å². The van der Waals surface area contributed by atoms with E-state index in [2.05, 4.69) is 56.4 Å². The van der Waals surface area contributed by atoms with Crippen LogP contribution in [0, 0.1) is 46.3 Å². The van der Waals surface area contributed by atoms with Crippen molar-refractivity contribution in [3.8, 4) is 0 Å². The molecule has 0 saturated heterocycles. The van der Waals surface area contributed by atoms with Crippen molar-refractivity contribution in [2.45, 2.75) is 144 Å². The van der Waals surface area contributed by atoms with Crippen LogP contribution in [0.1, 0.15) is 133 Å². The maximum absolute atomic E-state index is 12.7. The van der Waals surface area contributed by atoms with Crippen LogP contribution in [-0.2, 0) is 38.0 Å². The predicted molar refractivity (Wildman–Crippen MR) is 226 cm³/mol. The minimum absolute atomic E-state index is 0.0312. The molecule has 4 aliphatic rings. The molecule has 0 aromatic rings. The van der Waals surface area contributed by atoms with Crippen molar-refractivity contribution < 1.29 is 49.3 Å². The third kappa shape index (κ3) is 15.3. The average Bonchev–Trinajstić information content (AvgIpc) is 3.58. The molecule has 4 rings (SSSR count). The number of rotatable bonds is 25. The Balaban J connectivity index is 0.00000311. The highest BCUT2D eigenvalue weighted by atomic mass is 16.6. The Morgan fingerprint density at radius 1 is 0.914 bits per heavy atom. The maximum Gasteiger partial charge on any atom is 0.407 e. The Labute approximate surface area is 353 Å². The van der Waals surface area contributed by atoms with Crippen molar-refractivity contribution in [1.82, 2.24) is 10.6 Å². The largest absolute Gasteiger partial charge is 0.460 e. The van der Waals surface area contributed by atoms with E-state index < -0.39 is 12.1 Å². The molecule has 0 bridgehead atoms. The third-order valence-electron chi connectivity index (χ3n) is 13.8. The summed E-state index contributed by atoms with van der Waals surface area (Å²) in [6, 6.07) is 0. The molecule has 0 aromatic heterocycles. The van der Waals surface area contributed by atoms with Crippen molar-refractivity contribution in [3.05, 3.63) is 11.6 Å². The van der Waals surface area contributed by atoms with Crippen LogP contribution in [0.3, 0.4) is 0 Å². The number of esters is 1. The number of carbonyl (C=O) groups is 3. The number of nitrogens with one attached hydrogen (secondary N) is 2. The Morgan fingerprint density at radius 3 is 2.28 bits per heavy atom. The summed E-state index contributed by atoms with van der Waals surface area (Å²) in [7, 11) is 2.80. The van der Waals surface area contributed by atoms with Gasteiger partial charge in [0.25, 0.3) is 0 Å². The molecular formula is C46H82N2O10. The summed E-state index contributed by atoms with van der Waals surface area (Å²) in [6.07, 6.45) is 16.1. The van der Waals surface area contributed by atoms with Crippen LogP contribution < -0.4 is 10.6 Å². The molecule has 2 amide bonds. The molecule has 3 saturated carbocycles. The van der Waals surface area contributed by atoms with Crippen LogP contribution in [0.4, 0.5) is 4.79 Å². The summed E-state index contributed by atoms with van der Waals surface area (Å²) in [5.74, 6) is 4.19. The summed E-state index contributed by atoms with van der Waals surface area (Å²) in [4.78, 5) is 35.7. The van der Waals surface area contributed by atoms with Crippen LogP contribution in [0.15, 0.2) is 11.6 Å². The van der Waals surface area contributed by atoms with E-state index in [9.17, 15) is 14.4 Å². The first-order chi connectivity index (χ1) is 28.8. The van der Waals surface area contributed by atoms with Crippen molar-refractivity contribution in [3.63, 3.8) is 0 Å². The van der Waals surface area contributed by atoms with Gasteiger partial charge in [-0.3, -0.25) is 9.59 Å². The third-order valence-corrected chi connectivity index (χ3v) is 13.8. The molecule has 5 unspecified atom stereocenters. The van der Waals surface area contributed by atoms with Gasteiger partial charge in [-0.05, 0) is 105 Å². The van der Waals surface area contributed by atoms with Gasteiger partial charge in [-0.2, -0.15) is 0 Å². The van der Waals surface area contributed by atoms with Crippen molar-refractivity contribution in [2.75, 3.05) is 73.6 Å². The lowest BCUT2D eigenvalue weighted by Gasteiger charge is -2.58.